The molecule has 2 aromatic carbocycles. The molecule has 1 aliphatic rings. The Hall–Kier alpha value is -1.86. The molecule has 106 valence electrons. The Kier molecular flexibility index (Phi) is 4.21. The summed E-state index contributed by atoms with van der Waals surface area (Å²) < 4.78 is 0. The van der Waals surface area contributed by atoms with Crippen LogP contribution < -0.4 is 5.19 Å². The van der Waals surface area contributed by atoms with Crippen molar-refractivity contribution in [3.8, 4) is 0 Å². The second kappa shape index (κ2) is 6.27. The van der Waals surface area contributed by atoms with E-state index in [1.54, 1.807) is 10.4 Å². The van der Waals surface area contributed by atoms with Gasteiger partial charge in [-0.2, -0.15) is 0 Å². The number of hydrogen-bond donors (Lipinski definition) is 0. The average molecular weight is 290 g/mol. The topological polar surface area (TPSA) is 0 Å². The van der Waals surface area contributed by atoms with E-state index in [0.29, 0.717) is 0 Å². The van der Waals surface area contributed by atoms with Gasteiger partial charge in [0.25, 0.3) is 0 Å². The molecule has 0 nitrogen and oxygen atoms in total. The van der Waals surface area contributed by atoms with Crippen molar-refractivity contribution in [1.82, 2.24) is 0 Å². The summed E-state index contributed by atoms with van der Waals surface area (Å²) >= 11 is 0. The Bertz CT molecular complexity index is 640. The van der Waals surface area contributed by atoms with Crippen molar-refractivity contribution in [2.24, 2.45) is 0 Å². The molecule has 1 heterocycles. The van der Waals surface area contributed by atoms with E-state index in [0.717, 1.165) is 0 Å². The van der Waals surface area contributed by atoms with Gasteiger partial charge in [0, 0.05) is 0 Å². The zero-order valence-electron chi connectivity index (χ0n) is 12.6. The number of hydrogen-bond acceptors (Lipinski definition) is 0. The average Bonchev–Trinajstić information content (AvgIpc) is 3.00. The molecule has 1 aliphatic heterocycles. The second-order valence-corrected chi connectivity index (χ2v) is 9.64. The fourth-order valence-corrected chi connectivity index (χ4v) is 7.93. The van der Waals surface area contributed by atoms with Gasteiger partial charge in [0.1, 0.15) is 8.07 Å². The molecule has 0 N–H and O–H groups in total. The van der Waals surface area contributed by atoms with Gasteiger partial charge in [0.15, 0.2) is 0 Å². The smallest absolute Gasteiger partial charge is 0.0858 e. The number of rotatable bonds is 5. The summed E-state index contributed by atoms with van der Waals surface area (Å²) in [5.74, 6) is 0. The molecule has 0 aromatic heterocycles. The van der Waals surface area contributed by atoms with Gasteiger partial charge in [0.05, 0.1) is 0 Å². The minimum Gasteiger partial charge on any atom is -0.0858 e. The molecule has 0 spiro atoms. The molecule has 0 fully saturated rings. The van der Waals surface area contributed by atoms with E-state index in [-0.39, 0.29) is 0 Å². The zero-order chi connectivity index (χ0) is 14.5. The maximum absolute atomic E-state index is 2.53. The summed E-state index contributed by atoms with van der Waals surface area (Å²) in [6.45, 7) is 2.29. The van der Waals surface area contributed by atoms with Crippen molar-refractivity contribution in [3.05, 3.63) is 84.1 Å². The highest BCUT2D eigenvalue weighted by Crippen LogP contribution is 2.35. The summed E-state index contributed by atoms with van der Waals surface area (Å²) in [6, 6.07) is 23.4. The molecule has 0 amide bonds. The van der Waals surface area contributed by atoms with E-state index in [1.165, 1.54) is 24.4 Å². The number of benzene rings is 2. The predicted octanol–water partition coefficient (Wildman–Crippen LogP) is 4.87. The van der Waals surface area contributed by atoms with Crippen LogP contribution in [0.4, 0.5) is 0 Å². The largest absolute Gasteiger partial charge is 0.142 e. The number of unbranched alkanes of at least 4 members (excludes halogenated alkanes) is 1. The van der Waals surface area contributed by atoms with Gasteiger partial charge >= 0.3 is 0 Å². The first-order valence-corrected chi connectivity index (χ1v) is 10.2. The Morgan fingerprint density at radius 2 is 1.52 bits per heavy atom. The zero-order valence-corrected chi connectivity index (χ0v) is 13.6. The van der Waals surface area contributed by atoms with Crippen LogP contribution in [0.25, 0.3) is 5.20 Å². The van der Waals surface area contributed by atoms with Crippen LogP contribution in [-0.2, 0) is 0 Å². The van der Waals surface area contributed by atoms with Crippen molar-refractivity contribution >= 4 is 18.5 Å². The second-order valence-electron chi connectivity index (χ2n) is 5.75. The first-order valence-electron chi connectivity index (χ1n) is 7.88. The fraction of sp³-hybridized carbons (Fsp3) is 0.200. The van der Waals surface area contributed by atoms with E-state index in [9.17, 15) is 0 Å². The molecule has 0 saturated carbocycles. The summed E-state index contributed by atoms with van der Waals surface area (Å²) in [5.41, 5.74) is 3.93. The van der Waals surface area contributed by atoms with Crippen LogP contribution in [0.2, 0.25) is 6.04 Å². The Labute approximate surface area is 128 Å². The highest BCUT2D eigenvalue weighted by Gasteiger charge is 2.38. The third kappa shape index (κ3) is 2.66. The van der Waals surface area contributed by atoms with Crippen LogP contribution in [0.15, 0.2) is 78.5 Å². The molecular formula is C20H22Si. The molecule has 3 rings (SSSR count). The standard InChI is InChI=1S/C20H22Si/c1-2-3-16-21(19-13-8-5-9-14-19)17-10-15-20(21)18-11-6-4-7-12-18/h4-15,17H,2-3,16H2,1H3. The lowest BCUT2D eigenvalue weighted by Gasteiger charge is -2.30. The molecule has 2 aromatic rings. The molecule has 0 saturated heterocycles. The molecule has 21 heavy (non-hydrogen) atoms. The fourth-order valence-electron chi connectivity index (χ4n) is 3.32. The van der Waals surface area contributed by atoms with Crippen molar-refractivity contribution in [3.63, 3.8) is 0 Å². The first-order chi connectivity index (χ1) is 10.4. The molecule has 0 aliphatic carbocycles. The van der Waals surface area contributed by atoms with E-state index in [4.69, 9.17) is 0 Å². The van der Waals surface area contributed by atoms with Crippen LogP contribution in [-0.4, -0.2) is 8.07 Å². The van der Waals surface area contributed by atoms with Crippen molar-refractivity contribution < 1.29 is 0 Å². The van der Waals surface area contributed by atoms with Crippen LogP contribution in [0.1, 0.15) is 25.3 Å². The predicted molar refractivity (Wildman–Crippen MR) is 95.1 cm³/mol. The van der Waals surface area contributed by atoms with Crippen LogP contribution in [0.3, 0.4) is 0 Å². The van der Waals surface area contributed by atoms with Gasteiger partial charge in [-0.05, 0) is 22.0 Å². The van der Waals surface area contributed by atoms with E-state index in [2.05, 4.69) is 85.4 Å². The molecule has 0 radical (unpaired) electrons. The van der Waals surface area contributed by atoms with Crippen molar-refractivity contribution in [2.75, 3.05) is 0 Å². The lowest BCUT2D eigenvalue weighted by Crippen LogP contribution is -2.46. The van der Waals surface area contributed by atoms with Gasteiger partial charge in [-0.25, -0.2) is 0 Å². The third-order valence-corrected chi connectivity index (χ3v) is 9.11. The van der Waals surface area contributed by atoms with Crippen LogP contribution in [0.5, 0.6) is 0 Å². The third-order valence-electron chi connectivity index (χ3n) is 4.42. The van der Waals surface area contributed by atoms with E-state index >= 15 is 0 Å². The lowest BCUT2D eigenvalue weighted by atomic mass is 10.2. The summed E-state index contributed by atoms with van der Waals surface area (Å²) in [6.07, 6.45) is 7.20. The van der Waals surface area contributed by atoms with Crippen molar-refractivity contribution in [2.45, 2.75) is 25.8 Å². The highest BCUT2D eigenvalue weighted by molar-refractivity contribution is 7.10. The lowest BCUT2D eigenvalue weighted by molar-refractivity contribution is 0.874. The van der Waals surface area contributed by atoms with Gasteiger partial charge in [-0.1, -0.05) is 98.3 Å². The first kappa shape index (κ1) is 14.1. The SMILES string of the molecule is CCCC[Si]1(c2ccccc2)C=CC=C1c1ccccc1. The number of allylic oxidation sites excluding steroid dienone is 2. The van der Waals surface area contributed by atoms with Gasteiger partial charge in [0.2, 0.25) is 0 Å². The van der Waals surface area contributed by atoms with E-state index in [1.807, 2.05) is 0 Å². The minimum absolute atomic E-state index is 1.26. The summed E-state index contributed by atoms with van der Waals surface area (Å²) in [5, 5.41) is 3.12. The molecular weight excluding hydrogens is 268 g/mol. The normalized spacial score (nSPS) is 20.5. The summed E-state index contributed by atoms with van der Waals surface area (Å²) in [7, 11) is -1.72. The van der Waals surface area contributed by atoms with Crippen LogP contribution in [0, 0.1) is 0 Å². The highest BCUT2D eigenvalue weighted by atomic mass is 28.3. The van der Waals surface area contributed by atoms with Gasteiger partial charge in [-0.3, -0.25) is 0 Å². The monoisotopic (exact) mass is 290 g/mol. The van der Waals surface area contributed by atoms with Crippen LogP contribution >= 0.6 is 0 Å². The maximum atomic E-state index is 2.53. The Morgan fingerprint density at radius 3 is 2.19 bits per heavy atom. The Balaban J connectivity index is 2.07. The molecule has 1 unspecified atom stereocenters. The Morgan fingerprint density at radius 1 is 0.857 bits per heavy atom. The molecule has 0 bridgehead atoms. The maximum Gasteiger partial charge on any atom is 0.142 e. The molecule has 1 atom stereocenters. The van der Waals surface area contributed by atoms with Gasteiger partial charge in [-0.15, -0.1) is 0 Å². The van der Waals surface area contributed by atoms with Gasteiger partial charge < -0.3 is 0 Å². The molecule has 1 heteroatoms. The quantitative estimate of drug-likeness (QED) is 0.689. The van der Waals surface area contributed by atoms with Crippen molar-refractivity contribution in [1.29, 1.82) is 0 Å². The minimum atomic E-state index is -1.72. The summed E-state index contributed by atoms with van der Waals surface area (Å²) in [4.78, 5) is 0. The van der Waals surface area contributed by atoms with E-state index < -0.39 is 8.07 Å².